The molecule has 0 radical (unpaired) electrons. The maximum atomic E-state index is 12.6. The number of aromatic nitrogens is 5. The molecule has 0 bridgehead atoms. The van der Waals surface area contributed by atoms with E-state index in [1.807, 2.05) is 13.8 Å². The van der Waals surface area contributed by atoms with Crippen molar-refractivity contribution in [2.24, 2.45) is 7.05 Å². The van der Waals surface area contributed by atoms with E-state index in [4.69, 9.17) is 21.1 Å². The van der Waals surface area contributed by atoms with Crippen LogP contribution in [0.2, 0.25) is 5.02 Å². The first-order valence-corrected chi connectivity index (χ1v) is 12.4. The van der Waals surface area contributed by atoms with Crippen molar-refractivity contribution in [3.63, 3.8) is 0 Å². The van der Waals surface area contributed by atoms with Gasteiger partial charge in [-0.2, -0.15) is 15.3 Å². The number of benzene rings is 1. The number of aryl methyl sites for hydroxylation is 1. The summed E-state index contributed by atoms with van der Waals surface area (Å²) in [5, 5.41) is 27.4. The third-order valence-electron chi connectivity index (χ3n) is 6.14. The van der Waals surface area contributed by atoms with Crippen molar-refractivity contribution in [1.29, 1.82) is 5.26 Å². The van der Waals surface area contributed by atoms with Crippen LogP contribution in [0.4, 0.5) is 5.69 Å². The molecule has 12 nitrogen and oxygen atoms in total. The third kappa shape index (κ3) is 5.32. The number of ether oxygens (including phenoxy) is 2. The number of pyridine rings is 1. The maximum absolute atomic E-state index is 12.6. The molecule has 3 aromatic heterocycles. The molecule has 0 aliphatic rings. The van der Waals surface area contributed by atoms with Crippen LogP contribution in [0.3, 0.4) is 0 Å². The number of carbonyl (C=O) groups is 1. The molecule has 0 fully saturated rings. The van der Waals surface area contributed by atoms with E-state index in [2.05, 4.69) is 26.5 Å². The smallest absolute Gasteiger partial charge is 0.356 e. The molecule has 0 saturated carbocycles. The van der Waals surface area contributed by atoms with Gasteiger partial charge in [0.15, 0.2) is 5.69 Å². The molecule has 0 aliphatic carbocycles. The van der Waals surface area contributed by atoms with Crippen LogP contribution in [0.1, 0.15) is 58.7 Å². The number of hydrogen-bond acceptors (Lipinski definition) is 9. The summed E-state index contributed by atoms with van der Waals surface area (Å²) in [4.78, 5) is 33.3. The zero-order valence-corrected chi connectivity index (χ0v) is 23.1. The van der Waals surface area contributed by atoms with E-state index < -0.39 is 12.0 Å². The first kappa shape index (κ1) is 28.1. The highest BCUT2D eigenvalue weighted by atomic mass is 35.5. The number of halogens is 1. The Morgan fingerprint density at radius 3 is 2.45 bits per heavy atom. The van der Waals surface area contributed by atoms with Crippen molar-refractivity contribution in [3.05, 3.63) is 86.2 Å². The molecule has 40 heavy (non-hydrogen) atoms. The normalized spacial score (nSPS) is 11.7. The van der Waals surface area contributed by atoms with Crippen LogP contribution in [0.25, 0.3) is 5.69 Å². The summed E-state index contributed by atoms with van der Waals surface area (Å²) in [5.41, 5.74) is 2.15. The number of anilines is 1. The Kier molecular flexibility index (Phi) is 8.06. The second-order valence-electron chi connectivity index (χ2n) is 9.07. The van der Waals surface area contributed by atoms with Crippen molar-refractivity contribution in [2.45, 2.75) is 25.8 Å². The average molecular weight is 564 g/mol. The molecule has 206 valence electrons. The summed E-state index contributed by atoms with van der Waals surface area (Å²) < 4.78 is 13.3. The number of nitriles is 1. The van der Waals surface area contributed by atoms with E-state index >= 15 is 0 Å². The Hall–Kier alpha value is -4.89. The summed E-state index contributed by atoms with van der Waals surface area (Å²) in [6.45, 7) is 3.80. The highest BCUT2D eigenvalue weighted by Gasteiger charge is 2.33. The molecule has 0 saturated heterocycles. The monoisotopic (exact) mass is 563 g/mol. The predicted octanol–water partition coefficient (Wildman–Crippen LogP) is 3.93. The minimum absolute atomic E-state index is 0.00978. The zero-order valence-electron chi connectivity index (χ0n) is 22.3. The fourth-order valence-electron chi connectivity index (χ4n) is 4.35. The van der Waals surface area contributed by atoms with Crippen molar-refractivity contribution < 1.29 is 19.4 Å². The highest BCUT2D eigenvalue weighted by molar-refractivity contribution is 6.30. The molecule has 0 aliphatic heterocycles. The molecule has 3 heterocycles. The summed E-state index contributed by atoms with van der Waals surface area (Å²) in [7, 11) is 4.40. The number of nitrogens with one attached hydrogen (secondary N) is 1. The lowest BCUT2D eigenvalue weighted by atomic mass is 9.91. The van der Waals surface area contributed by atoms with E-state index in [1.165, 1.54) is 35.7 Å². The number of carboxylic acids is 1. The van der Waals surface area contributed by atoms with Gasteiger partial charge in [0.1, 0.15) is 10.7 Å². The Labute approximate surface area is 234 Å². The SMILES string of the molecule is COc1ncc(-n2nc(C(=O)O)c(C(Nc3cc(Cl)c(=O)n(C)c3)c3ccc(C#N)cc3)c2C(C)C)c(OC)n1. The number of nitrogens with zero attached hydrogens (tertiary/aromatic N) is 6. The summed E-state index contributed by atoms with van der Waals surface area (Å²) in [5.74, 6) is -1.37. The van der Waals surface area contributed by atoms with Gasteiger partial charge in [-0.25, -0.2) is 14.5 Å². The van der Waals surface area contributed by atoms with E-state index in [9.17, 15) is 20.0 Å². The Morgan fingerprint density at radius 1 is 1.20 bits per heavy atom. The maximum Gasteiger partial charge on any atom is 0.356 e. The lowest BCUT2D eigenvalue weighted by Crippen LogP contribution is -2.21. The molecular weight excluding hydrogens is 538 g/mol. The van der Waals surface area contributed by atoms with Crippen LogP contribution in [0.5, 0.6) is 11.9 Å². The van der Waals surface area contributed by atoms with Gasteiger partial charge in [0.2, 0.25) is 5.88 Å². The predicted molar refractivity (Wildman–Crippen MR) is 147 cm³/mol. The lowest BCUT2D eigenvalue weighted by Gasteiger charge is -2.24. The van der Waals surface area contributed by atoms with Crippen molar-refractivity contribution in [2.75, 3.05) is 19.5 Å². The first-order chi connectivity index (χ1) is 19.1. The quantitative estimate of drug-likeness (QED) is 0.306. The molecule has 13 heteroatoms. The molecule has 4 rings (SSSR count). The largest absolute Gasteiger partial charge is 0.479 e. The number of aromatic carboxylic acids is 1. The minimum Gasteiger partial charge on any atom is -0.479 e. The third-order valence-corrected chi connectivity index (χ3v) is 6.41. The van der Waals surface area contributed by atoms with Gasteiger partial charge in [0, 0.05) is 18.8 Å². The highest BCUT2D eigenvalue weighted by Crippen LogP contribution is 2.38. The van der Waals surface area contributed by atoms with Crippen molar-refractivity contribution in [1.82, 2.24) is 24.3 Å². The van der Waals surface area contributed by atoms with E-state index in [1.54, 1.807) is 37.5 Å². The second-order valence-corrected chi connectivity index (χ2v) is 9.48. The average Bonchev–Trinajstić information content (AvgIpc) is 3.35. The molecule has 0 amide bonds. The molecular formula is C27H26ClN7O5. The van der Waals surface area contributed by atoms with Gasteiger partial charge < -0.3 is 24.5 Å². The molecule has 1 atom stereocenters. The van der Waals surface area contributed by atoms with Crippen molar-refractivity contribution in [3.8, 4) is 23.6 Å². The summed E-state index contributed by atoms with van der Waals surface area (Å²) >= 11 is 6.18. The molecule has 0 spiro atoms. The van der Waals surface area contributed by atoms with Gasteiger partial charge in [-0.05, 0) is 29.7 Å². The van der Waals surface area contributed by atoms with Crippen LogP contribution in [0.15, 0.2) is 47.5 Å². The lowest BCUT2D eigenvalue weighted by molar-refractivity contribution is 0.0688. The van der Waals surface area contributed by atoms with E-state index in [0.717, 1.165) is 0 Å². The van der Waals surface area contributed by atoms with Crippen LogP contribution >= 0.6 is 11.6 Å². The number of carboxylic acid groups (broad SMARTS) is 1. The Morgan fingerprint density at radius 2 is 1.90 bits per heavy atom. The molecule has 1 aromatic carbocycles. The molecule has 4 aromatic rings. The number of rotatable bonds is 9. The fraction of sp³-hybridized carbons (Fsp3) is 0.259. The van der Waals surface area contributed by atoms with Crippen LogP contribution in [0, 0.1) is 11.3 Å². The van der Waals surface area contributed by atoms with E-state index in [-0.39, 0.29) is 34.1 Å². The van der Waals surface area contributed by atoms with Crippen LogP contribution in [-0.4, -0.2) is 49.6 Å². The van der Waals surface area contributed by atoms with Crippen molar-refractivity contribution >= 4 is 23.3 Å². The Balaban J connectivity index is 2.03. The number of hydrogen-bond donors (Lipinski definition) is 2. The van der Waals surface area contributed by atoms with Crippen LogP contribution in [-0.2, 0) is 7.05 Å². The van der Waals surface area contributed by atoms with E-state index in [0.29, 0.717) is 33.8 Å². The standard InChI is InChI=1S/C27H26ClN7O5/c1-14(2)23-20(22(26(37)38)33-35(23)19-12-30-27(40-5)32-24(19)39-4)21(16-8-6-15(11-29)7-9-16)31-17-10-18(28)25(36)34(3)13-17/h6-10,12-14,21,31H,1-5H3,(H,37,38). The van der Waals surface area contributed by atoms with Gasteiger partial charge in [-0.1, -0.05) is 37.6 Å². The first-order valence-electron chi connectivity index (χ1n) is 12.0. The van der Waals surface area contributed by atoms with Gasteiger partial charge in [0.05, 0.1) is 49.5 Å². The van der Waals surface area contributed by atoms with Gasteiger partial charge in [0.25, 0.3) is 5.56 Å². The summed E-state index contributed by atoms with van der Waals surface area (Å²) in [6, 6.07) is 9.57. The topological polar surface area (TPSA) is 157 Å². The second kappa shape index (κ2) is 11.5. The zero-order chi connectivity index (χ0) is 29.1. The number of methoxy groups -OCH3 is 2. The van der Waals surface area contributed by atoms with Gasteiger partial charge in [-0.15, -0.1) is 0 Å². The Bertz CT molecular complexity index is 1650. The fourth-order valence-corrected chi connectivity index (χ4v) is 4.60. The van der Waals surface area contributed by atoms with Gasteiger partial charge >= 0.3 is 12.0 Å². The molecule has 2 N–H and O–H groups in total. The minimum atomic E-state index is -1.26. The van der Waals surface area contributed by atoms with Gasteiger partial charge in [-0.3, -0.25) is 4.79 Å². The summed E-state index contributed by atoms with van der Waals surface area (Å²) in [6.07, 6.45) is 3.00. The molecule has 1 unspecified atom stereocenters. The van der Waals surface area contributed by atoms with Crippen LogP contribution < -0.4 is 20.3 Å².